The van der Waals surface area contributed by atoms with E-state index in [1.165, 1.54) is 6.20 Å². The lowest BCUT2D eigenvalue weighted by molar-refractivity contribution is 0.0696. The van der Waals surface area contributed by atoms with Crippen LogP contribution < -0.4 is 10.9 Å². The highest BCUT2D eigenvalue weighted by Crippen LogP contribution is 2.17. The number of aromatic amines is 1. The first-order valence-corrected chi connectivity index (χ1v) is 5.98. The van der Waals surface area contributed by atoms with Crippen molar-refractivity contribution in [2.24, 2.45) is 0 Å². The van der Waals surface area contributed by atoms with Gasteiger partial charge in [0.25, 0.3) is 5.56 Å². The van der Waals surface area contributed by atoms with E-state index in [4.69, 9.17) is 5.11 Å². The fourth-order valence-corrected chi connectivity index (χ4v) is 2.18. The van der Waals surface area contributed by atoms with E-state index in [-0.39, 0.29) is 11.6 Å². The molecule has 2 rings (SSSR count). The number of piperidine rings is 1. The highest BCUT2D eigenvalue weighted by Gasteiger charge is 2.20. The molecule has 0 amide bonds. The minimum atomic E-state index is -1.20. The molecule has 0 atom stereocenters. The molecule has 1 aliphatic rings. The number of aromatic carboxylic acids is 1. The Bertz CT molecular complexity index is 490. The predicted molar refractivity (Wildman–Crippen MR) is 68.2 cm³/mol. The quantitative estimate of drug-likeness (QED) is 0.731. The second kappa shape index (κ2) is 5.22. The Hall–Kier alpha value is -1.82. The Labute approximate surface area is 105 Å². The first-order valence-electron chi connectivity index (χ1n) is 5.98. The van der Waals surface area contributed by atoms with Gasteiger partial charge in [-0.15, -0.1) is 0 Å². The molecule has 1 aliphatic heterocycles. The molecule has 18 heavy (non-hydrogen) atoms. The first-order chi connectivity index (χ1) is 8.58. The summed E-state index contributed by atoms with van der Waals surface area (Å²) in [5.41, 5.74) is -0.377. The Morgan fingerprint density at radius 1 is 1.50 bits per heavy atom. The van der Waals surface area contributed by atoms with Gasteiger partial charge in [0.05, 0.1) is 5.69 Å². The summed E-state index contributed by atoms with van der Waals surface area (Å²) in [5, 5.41) is 12.2. The van der Waals surface area contributed by atoms with Gasteiger partial charge in [-0.3, -0.25) is 4.79 Å². The van der Waals surface area contributed by atoms with Gasteiger partial charge in [-0.2, -0.15) is 0 Å². The van der Waals surface area contributed by atoms with Gasteiger partial charge in [0, 0.05) is 12.2 Å². The van der Waals surface area contributed by atoms with Crippen molar-refractivity contribution in [2.45, 2.75) is 18.9 Å². The molecule has 3 N–H and O–H groups in total. The van der Waals surface area contributed by atoms with Crippen molar-refractivity contribution in [3.8, 4) is 0 Å². The number of carbonyl (C=O) groups is 1. The molecule has 0 radical (unpaired) electrons. The third-order valence-electron chi connectivity index (χ3n) is 3.25. The van der Waals surface area contributed by atoms with Gasteiger partial charge in [-0.25, -0.2) is 4.79 Å². The van der Waals surface area contributed by atoms with E-state index in [2.05, 4.69) is 22.2 Å². The highest BCUT2D eigenvalue weighted by atomic mass is 16.4. The molecular formula is C12H17N3O3. The van der Waals surface area contributed by atoms with Crippen LogP contribution in [0.1, 0.15) is 23.2 Å². The number of aromatic nitrogens is 1. The van der Waals surface area contributed by atoms with E-state index in [0.29, 0.717) is 5.69 Å². The van der Waals surface area contributed by atoms with E-state index in [1.54, 1.807) is 6.07 Å². The van der Waals surface area contributed by atoms with Crippen molar-refractivity contribution in [3.63, 3.8) is 0 Å². The number of carboxylic acids is 1. The SMILES string of the molecule is CN1CCC(Nc2cc[nH]c(=O)c2C(=O)O)CC1. The minimum Gasteiger partial charge on any atom is -0.477 e. The van der Waals surface area contributed by atoms with Gasteiger partial charge in [-0.1, -0.05) is 0 Å². The molecule has 0 aromatic carbocycles. The molecule has 6 nitrogen and oxygen atoms in total. The van der Waals surface area contributed by atoms with Crippen molar-refractivity contribution in [3.05, 3.63) is 28.2 Å². The predicted octanol–water partition coefficient (Wildman–Crippen LogP) is 0.579. The molecule has 0 aliphatic carbocycles. The van der Waals surface area contributed by atoms with Crippen molar-refractivity contribution < 1.29 is 9.90 Å². The number of rotatable bonds is 3. The summed E-state index contributed by atoms with van der Waals surface area (Å²) in [6.45, 7) is 1.95. The summed E-state index contributed by atoms with van der Waals surface area (Å²) in [6, 6.07) is 1.82. The van der Waals surface area contributed by atoms with Crippen LogP contribution in [0.25, 0.3) is 0 Å². The second-order valence-corrected chi connectivity index (χ2v) is 4.62. The standard InChI is InChI=1S/C12H17N3O3/c1-15-6-3-8(4-7-15)14-9-2-5-13-11(16)10(9)12(17)18/h2,5,8H,3-4,6-7H2,1H3,(H,17,18)(H2,13,14,16). The number of hydrogen-bond acceptors (Lipinski definition) is 4. The number of anilines is 1. The second-order valence-electron chi connectivity index (χ2n) is 4.62. The third kappa shape index (κ3) is 2.70. The van der Waals surface area contributed by atoms with Gasteiger partial charge >= 0.3 is 5.97 Å². The van der Waals surface area contributed by atoms with E-state index < -0.39 is 11.5 Å². The Morgan fingerprint density at radius 3 is 2.78 bits per heavy atom. The smallest absolute Gasteiger partial charge is 0.343 e. The van der Waals surface area contributed by atoms with Gasteiger partial charge < -0.3 is 20.3 Å². The van der Waals surface area contributed by atoms with Crippen molar-refractivity contribution in [2.75, 3.05) is 25.5 Å². The average Bonchev–Trinajstić information content (AvgIpc) is 2.32. The van der Waals surface area contributed by atoms with Crippen LogP contribution in [0.5, 0.6) is 0 Å². The zero-order valence-corrected chi connectivity index (χ0v) is 10.3. The van der Waals surface area contributed by atoms with Crippen LogP contribution in [0.15, 0.2) is 17.1 Å². The van der Waals surface area contributed by atoms with Gasteiger partial charge in [0.2, 0.25) is 0 Å². The highest BCUT2D eigenvalue weighted by molar-refractivity contribution is 5.93. The molecule has 0 spiro atoms. The van der Waals surface area contributed by atoms with Gasteiger partial charge in [0.15, 0.2) is 0 Å². The van der Waals surface area contributed by atoms with Crippen LogP contribution in [0.2, 0.25) is 0 Å². The van der Waals surface area contributed by atoms with Crippen molar-refractivity contribution in [1.82, 2.24) is 9.88 Å². The molecule has 1 aromatic rings. The van der Waals surface area contributed by atoms with Gasteiger partial charge in [-0.05, 0) is 39.0 Å². The summed E-state index contributed by atoms with van der Waals surface area (Å²) in [5.74, 6) is -1.20. The lowest BCUT2D eigenvalue weighted by Crippen LogP contribution is -2.37. The van der Waals surface area contributed by atoms with E-state index in [0.717, 1.165) is 25.9 Å². The van der Waals surface area contributed by atoms with Crippen LogP contribution in [0, 0.1) is 0 Å². The molecule has 0 saturated carbocycles. The Kier molecular flexibility index (Phi) is 3.66. The summed E-state index contributed by atoms with van der Waals surface area (Å²) in [7, 11) is 2.06. The molecule has 2 heterocycles. The van der Waals surface area contributed by atoms with Crippen LogP contribution >= 0.6 is 0 Å². The Balaban J connectivity index is 2.16. The molecule has 6 heteroatoms. The maximum absolute atomic E-state index is 11.5. The molecule has 1 fully saturated rings. The fourth-order valence-electron chi connectivity index (χ4n) is 2.18. The summed E-state index contributed by atoms with van der Waals surface area (Å²) in [6.07, 6.45) is 3.36. The van der Waals surface area contributed by atoms with Gasteiger partial charge in [0.1, 0.15) is 5.56 Å². The number of pyridine rings is 1. The third-order valence-corrected chi connectivity index (χ3v) is 3.25. The maximum Gasteiger partial charge on any atom is 0.343 e. The summed E-state index contributed by atoms with van der Waals surface area (Å²) in [4.78, 5) is 27.2. The summed E-state index contributed by atoms with van der Waals surface area (Å²) < 4.78 is 0. The van der Waals surface area contributed by atoms with Crippen LogP contribution in [0.4, 0.5) is 5.69 Å². The first kappa shape index (κ1) is 12.6. The number of nitrogens with zero attached hydrogens (tertiary/aromatic N) is 1. The molecule has 0 bridgehead atoms. The molecule has 0 unspecified atom stereocenters. The lowest BCUT2D eigenvalue weighted by atomic mass is 10.0. The number of likely N-dealkylation sites (tertiary alicyclic amines) is 1. The van der Waals surface area contributed by atoms with Crippen LogP contribution in [-0.2, 0) is 0 Å². The summed E-state index contributed by atoms with van der Waals surface area (Å²) >= 11 is 0. The molecule has 98 valence electrons. The largest absolute Gasteiger partial charge is 0.477 e. The number of carboxylic acid groups (broad SMARTS) is 1. The van der Waals surface area contributed by atoms with Crippen LogP contribution in [0.3, 0.4) is 0 Å². The fraction of sp³-hybridized carbons (Fsp3) is 0.500. The number of nitrogens with one attached hydrogen (secondary N) is 2. The van der Waals surface area contributed by atoms with Crippen molar-refractivity contribution >= 4 is 11.7 Å². The number of H-pyrrole nitrogens is 1. The monoisotopic (exact) mass is 251 g/mol. The van der Waals surface area contributed by atoms with Crippen LogP contribution in [-0.4, -0.2) is 47.1 Å². The molecule has 1 saturated heterocycles. The molecular weight excluding hydrogens is 234 g/mol. The topological polar surface area (TPSA) is 85.4 Å². The average molecular weight is 251 g/mol. The van der Waals surface area contributed by atoms with E-state index in [9.17, 15) is 9.59 Å². The maximum atomic E-state index is 11.5. The van der Waals surface area contributed by atoms with E-state index >= 15 is 0 Å². The van der Waals surface area contributed by atoms with Crippen molar-refractivity contribution in [1.29, 1.82) is 0 Å². The lowest BCUT2D eigenvalue weighted by Gasteiger charge is -2.30. The normalized spacial score (nSPS) is 17.6. The number of hydrogen-bond donors (Lipinski definition) is 3. The Morgan fingerprint density at radius 2 is 2.17 bits per heavy atom. The zero-order valence-electron chi connectivity index (χ0n) is 10.3. The molecule has 1 aromatic heterocycles. The minimum absolute atomic E-state index is 0.212. The van der Waals surface area contributed by atoms with E-state index in [1.807, 2.05) is 0 Å². The zero-order chi connectivity index (χ0) is 13.1.